The molecule has 6 nitrogen and oxygen atoms in total. The number of hydrogen-bond donors (Lipinski definition) is 1. The number of anilines is 1. The van der Waals surface area contributed by atoms with E-state index >= 15 is 0 Å². The summed E-state index contributed by atoms with van der Waals surface area (Å²) in [6, 6.07) is 30.8. The molecule has 1 amide bonds. The lowest BCUT2D eigenvalue weighted by atomic mass is 10.1. The lowest BCUT2D eigenvalue weighted by Gasteiger charge is -2.15. The Labute approximate surface area is 218 Å². The van der Waals surface area contributed by atoms with Crippen LogP contribution in [-0.4, -0.2) is 25.9 Å². The molecule has 8 heteroatoms. The van der Waals surface area contributed by atoms with Crippen molar-refractivity contribution in [3.05, 3.63) is 108 Å². The van der Waals surface area contributed by atoms with Gasteiger partial charge in [-0.1, -0.05) is 78.0 Å². The van der Waals surface area contributed by atoms with Crippen molar-refractivity contribution in [3.63, 3.8) is 0 Å². The normalized spacial score (nSPS) is 11.8. The summed E-state index contributed by atoms with van der Waals surface area (Å²) in [5, 5.41) is 14.7. The molecule has 0 aliphatic carbocycles. The number of rotatable bonds is 8. The SMILES string of the molecule is CC(Sc1nnc(COc2ccc(Cl)cc2)n1-c1ccccc1)C(=O)Nc1cccc2ccccc12. The number of aromatic nitrogens is 3. The number of amides is 1. The van der Waals surface area contributed by atoms with Crippen molar-refractivity contribution < 1.29 is 9.53 Å². The largest absolute Gasteiger partial charge is 0.486 e. The summed E-state index contributed by atoms with van der Waals surface area (Å²) in [5.41, 5.74) is 1.67. The van der Waals surface area contributed by atoms with Gasteiger partial charge in [-0.05, 0) is 54.8 Å². The summed E-state index contributed by atoms with van der Waals surface area (Å²) in [5.74, 6) is 1.19. The van der Waals surface area contributed by atoms with Gasteiger partial charge in [0.1, 0.15) is 12.4 Å². The molecule has 1 aromatic heterocycles. The van der Waals surface area contributed by atoms with Crippen molar-refractivity contribution in [1.29, 1.82) is 0 Å². The highest BCUT2D eigenvalue weighted by Gasteiger charge is 2.22. The fourth-order valence-corrected chi connectivity index (χ4v) is 4.78. The van der Waals surface area contributed by atoms with Crippen LogP contribution in [0.25, 0.3) is 16.5 Å². The Morgan fingerprint density at radius 1 is 0.944 bits per heavy atom. The van der Waals surface area contributed by atoms with Crippen LogP contribution in [0.3, 0.4) is 0 Å². The molecule has 1 atom stereocenters. The zero-order valence-electron chi connectivity index (χ0n) is 19.5. The highest BCUT2D eigenvalue weighted by Crippen LogP contribution is 2.29. The fourth-order valence-electron chi connectivity index (χ4n) is 3.77. The number of carbonyl (C=O) groups excluding carboxylic acids is 1. The molecule has 0 aliphatic heterocycles. The molecule has 5 aromatic rings. The number of nitrogens with one attached hydrogen (secondary N) is 1. The predicted octanol–water partition coefficient (Wildman–Crippen LogP) is 6.77. The number of thioether (sulfide) groups is 1. The zero-order chi connectivity index (χ0) is 24.9. The van der Waals surface area contributed by atoms with Crippen molar-refractivity contribution >= 4 is 45.7 Å². The average Bonchev–Trinajstić information content (AvgIpc) is 3.31. The number of ether oxygens (including phenoxy) is 1. The molecular weight excluding hydrogens is 492 g/mol. The molecule has 0 radical (unpaired) electrons. The summed E-state index contributed by atoms with van der Waals surface area (Å²) in [4.78, 5) is 13.1. The van der Waals surface area contributed by atoms with E-state index in [-0.39, 0.29) is 12.5 Å². The monoisotopic (exact) mass is 514 g/mol. The van der Waals surface area contributed by atoms with Crippen LogP contribution in [0.1, 0.15) is 12.7 Å². The lowest BCUT2D eigenvalue weighted by Crippen LogP contribution is -2.23. The van der Waals surface area contributed by atoms with E-state index in [0.29, 0.717) is 21.8 Å². The van der Waals surface area contributed by atoms with Crippen LogP contribution in [0.5, 0.6) is 5.75 Å². The average molecular weight is 515 g/mol. The first-order valence-corrected chi connectivity index (χ1v) is 12.7. The van der Waals surface area contributed by atoms with E-state index in [9.17, 15) is 4.79 Å². The van der Waals surface area contributed by atoms with Crippen molar-refractivity contribution in [1.82, 2.24) is 14.8 Å². The van der Waals surface area contributed by atoms with Crippen molar-refractivity contribution in [2.75, 3.05) is 5.32 Å². The van der Waals surface area contributed by atoms with Crippen molar-refractivity contribution in [3.8, 4) is 11.4 Å². The highest BCUT2D eigenvalue weighted by atomic mass is 35.5. The van der Waals surface area contributed by atoms with Crippen molar-refractivity contribution in [2.45, 2.75) is 23.9 Å². The van der Waals surface area contributed by atoms with Gasteiger partial charge in [0.2, 0.25) is 5.91 Å². The van der Waals surface area contributed by atoms with E-state index in [1.165, 1.54) is 11.8 Å². The van der Waals surface area contributed by atoms with Crippen LogP contribution in [0, 0.1) is 0 Å². The summed E-state index contributed by atoms with van der Waals surface area (Å²) in [7, 11) is 0. The maximum atomic E-state index is 13.1. The zero-order valence-corrected chi connectivity index (χ0v) is 21.0. The fraction of sp³-hybridized carbons (Fsp3) is 0.107. The predicted molar refractivity (Wildman–Crippen MR) is 145 cm³/mol. The van der Waals surface area contributed by atoms with Crippen LogP contribution >= 0.6 is 23.4 Å². The summed E-state index contributed by atoms with van der Waals surface area (Å²) >= 11 is 7.32. The van der Waals surface area contributed by atoms with Gasteiger partial charge in [-0.2, -0.15) is 0 Å². The number of para-hydroxylation sites is 1. The van der Waals surface area contributed by atoms with Gasteiger partial charge in [-0.25, -0.2) is 0 Å². The summed E-state index contributed by atoms with van der Waals surface area (Å²) in [6.07, 6.45) is 0. The quantitative estimate of drug-likeness (QED) is 0.231. The molecule has 180 valence electrons. The maximum Gasteiger partial charge on any atom is 0.237 e. The molecule has 0 spiro atoms. The molecule has 0 saturated carbocycles. The molecular formula is C28H23ClN4O2S. The van der Waals surface area contributed by atoms with Gasteiger partial charge in [0.05, 0.1) is 5.25 Å². The topological polar surface area (TPSA) is 69.0 Å². The Hall–Kier alpha value is -3.81. The third-order valence-electron chi connectivity index (χ3n) is 5.60. The van der Waals surface area contributed by atoms with Crippen LogP contribution in [-0.2, 0) is 11.4 Å². The van der Waals surface area contributed by atoms with Gasteiger partial charge < -0.3 is 10.1 Å². The minimum absolute atomic E-state index is 0.113. The van der Waals surface area contributed by atoms with E-state index in [0.717, 1.165) is 22.1 Å². The number of fused-ring (bicyclic) bond motifs is 1. The molecule has 0 saturated heterocycles. The van der Waals surface area contributed by atoms with Gasteiger partial charge in [-0.15, -0.1) is 10.2 Å². The number of hydrogen-bond acceptors (Lipinski definition) is 5. The third kappa shape index (κ3) is 5.37. The summed E-state index contributed by atoms with van der Waals surface area (Å²) in [6.45, 7) is 2.07. The van der Waals surface area contributed by atoms with Crippen LogP contribution in [0.15, 0.2) is 102 Å². The highest BCUT2D eigenvalue weighted by molar-refractivity contribution is 8.00. The molecule has 0 aliphatic rings. The standard InChI is InChI=1S/C28H23ClN4O2S/c1-19(27(34)30-25-13-7-9-20-8-5-6-12-24(20)25)36-28-32-31-26(33(28)22-10-3-2-4-11-22)18-35-23-16-14-21(29)15-17-23/h2-17,19H,18H2,1H3,(H,30,34). The van der Waals surface area contributed by atoms with Gasteiger partial charge in [0.25, 0.3) is 0 Å². The van der Waals surface area contributed by atoms with Crippen LogP contribution in [0.2, 0.25) is 5.02 Å². The Morgan fingerprint density at radius 3 is 2.47 bits per heavy atom. The second kappa shape index (κ2) is 10.8. The first-order chi connectivity index (χ1) is 17.6. The molecule has 0 fully saturated rings. The minimum Gasteiger partial charge on any atom is -0.486 e. The van der Waals surface area contributed by atoms with E-state index in [1.54, 1.807) is 24.3 Å². The van der Waals surface area contributed by atoms with E-state index in [2.05, 4.69) is 15.5 Å². The number of halogens is 1. The lowest BCUT2D eigenvalue weighted by molar-refractivity contribution is -0.115. The Bertz CT molecular complexity index is 1480. The van der Waals surface area contributed by atoms with Gasteiger partial charge >= 0.3 is 0 Å². The van der Waals surface area contributed by atoms with E-state index in [1.807, 2.05) is 84.3 Å². The number of benzene rings is 4. The van der Waals surface area contributed by atoms with Gasteiger partial charge in [0, 0.05) is 21.8 Å². The summed E-state index contributed by atoms with van der Waals surface area (Å²) < 4.78 is 7.84. The molecule has 4 aromatic carbocycles. The molecule has 1 unspecified atom stereocenters. The Morgan fingerprint density at radius 2 is 1.67 bits per heavy atom. The molecule has 1 heterocycles. The third-order valence-corrected chi connectivity index (χ3v) is 6.89. The smallest absolute Gasteiger partial charge is 0.237 e. The number of nitrogens with zero attached hydrogens (tertiary/aromatic N) is 3. The van der Waals surface area contributed by atoms with Gasteiger partial charge in [-0.3, -0.25) is 9.36 Å². The van der Waals surface area contributed by atoms with Crippen LogP contribution < -0.4 is 10.1 Å². The second-order valence-corrected chi connectivity index (χ2v) is 9.83. The molecule has 0 bridgehead atoms. The van der Waals surface area contributed by atoms with Gasteiger partial charge in [0.15, 0.2) is 11.0 Å². The Balaban J connectivity index is 1.36. The maximum absolute atomic E-state index is 13.1. The molecule has 1 N–H and O–H groups in total. The first kappa shape index (κ1) is 23.9. The minimum atomic E-state index is -0.416. The van der Waals surface area contributed by atoms with Crippen molar-refractivity contribution in [2.24, 2.45) is 0 Å². The first-order valence-electron chi connectivity index (χ1n) is 11.4. The number of carbonyl (C=O) groups is 1. The van der Waals surface area contributed by atoms with E-state index in [4.69, 9.17) is 16.3 Å². The Kier molecular flexibility index (Phi) is 7.21. The van der Waals surface area contributed by atoms with Crippen LogP contribution in [0.4, 0.5) is 5.69 Å². The molecule has 36 heavy (non-hydrogen) atoms. The second-order valence-electron chi connectivity index (χ2n) is 8.09. The van der Waals surface area contributed by atoms with E-state index < -0.39 is 5.25 Å². The molecule has 5 rings (SSSR count).